The van der Waals surface area contributed by atoms with Crippen molar-refractivity contribution in [3.63, 3.8) is 0 Å². The van der Waals surface area contributed by atoms with E-state index in [0.29, 0.717) is 0 Å². The summed E-state index contributed by atoms with van der Waals surface area (Å²) in [6, 6.07) is 59.7. The van der Waals surface area contributed by atoms with Crippen molar-refractivity contribution in [2.45, 2.75) is 0 Å². The molecule has 6 aromatic rings. The van der Waals surface area contributed by atoms with Gasteiger partial charge in [0.1, 0.15) is 0 Å². The summed E-state index contributed by atoms with van der Waals surface area (Å²) in [6.07, 6.45) is 0. The van der Waals surface area contributed by atoms with E-state index in [1.54, 1.807) is 0 Å². The molecule has 0 unspecified atom stereocenters. The van der Waals surface area contributed by atoms with Crippen LogP contribution >= 0.6 is 0 Å². The normalized spacial score (nSPS) is 9.07. The summed E-state index contributed by atoms with van der Waals surface area (Å²) in [5, 5.41) is 13.3. The number of rotatable bonds is 6. The second kappa shape index (κ2) is 19.7. The predicted molar refractivity (Wildman–Crippen MR) is 167 cm³/mol. The Morgan fingerprint density at radius 3 is 0.463 bits per heavy atom. The van der Waals surface area contributed by atoms with E-state index in [1.807, 2.05) is 182 Å². The summed E-state index contributed by atoms with van der Waals surface area (Å²) in [6.45, 7) is 0. The molecule has 0 spiro atoms. The molecule has 0 radical (unpaired) electrons. The second-order valence-electron chi connectivity index (χ2n) is 8.35. The molecule has 6 rings (SSSR count). The van der Waals surface area contributed by atoms with Crippen LogP contribution in [-0.4, -0.2) is 0 Å². The minimum Gasteiger partial charge on any atom is -1.00 e. The van der Waals surface area contributed by atoms with Gasteiger partial charge in [0.2, 0.25) is 0 Å². The van der Waals surface area contributed by atoms with Gasteiger partial charge in [0.15, 0.2) is 0 Å². The molecule has 41 heavy (non-hydrogen) atoms. The summed E-state index contributed by atoms with van der Waals surface area (Å²) in [5.41, 5.74) is 5.97. The van der Waals surface area contributed by atoms with Crippen molar-refractivity contribution < 1.29 is 34.1 Å². The minimum absolute atomic E-state index is 0. The van der Waals surface area contributed by atoms with Crippen molar-refractivity contribution in [3.05, 3.63) is 198 Å². The van der Waals surface area contributed by atoms with Crippen LogP contribution in [0.25, 0.3) is 16.0 Å². The fourth-order valence-corrected chi connectivity index (χ4v) is 3.46. The average molecular weight is 588 g/mol. The number of hydrogen-bond donors (Lipinski definition) is 0. The Hall–Kier alpha value is -4.28. The van der Waals surface area contributed by atoms with Gasteiger partial charge < -0.3 is 28.4 Å². The van der Waals surface area contributed by atoms with Crippen LogP contribution in [0.2, 0.25) is 0 Å². The van der Waals surface area contributed by atoms with Crippen LogP contribution in [0, 0.1) is 0 Å². The van der Waals surface area contributed by atoms with Crippen molar-refractivity contribution in [3.8, 4) is 0 Å². The van der Waals surface area contributed by atoms with Crippen LogP contribution in [-0.2, 0) is 21.7 Å². The fourth-order valence-electron chi connectivity index (χ4n) is 3.46. The molecule has 0 fully saturated rings. The maximum absolute atomic E-state index is 4.44. The van der Waals surface area contributed by atoms with Crippen molar-refractivity contribution >= 4 is 34.1 Å². The monoisotopic (exact) mass is 587 g/mol. The molecular formula is C36H30ClN3Ti. The topological polar surface area (TPSA) is 42.3 Å². The molecule has 6 aromatic carbocycles. The van der Waals surface area contributed by atoms with Gasteiger partial charge in [-0.1, -0.05) is 182 Å². The van der Waals surface area contributed by atoms with E-state index in [9.17, 15) is 0 Å². The zero-order valence-electron chi connectivity index (χ0n) is 22.5. The molecule has 0 N–H and O–H groups in total. The van der Waals surface area contributed by atoms with Crippen molar-refractivity contribution in [1.29, 1.82) is 0 Å². The zero-order valence-corrected chi connectivity index (χ0v) is 24.9. The van der Waals surface area contributed by atoms with Crippen molar-refractivity contribution in [2.24, 2.45) is 0 Å². The van der Waals surface area contributed by atoms with Gasteiger partial charge in [0, 0.05) is 0 Å². The summed E-state index contributed by atoms with van der Waals surface area (Å²) < 4.78 is 0. The van der Waals surface area contributed by atoms with Gasteiger partial charge in [0.05, 0.1) is 0 Å². The third kappa shape index (κ3) is 13.1. The fraction of sp³-hybridized carbons (Fsp3) is 0. The Morgan fingerprint density at radius 2 is 0.341 bits per heavy atom. The first-order valence-electron chi connectivity index (χ1n) is 12.8. The molecule has 5 heteroatoms. The number of para-hydroxylation sites is 6. The Labute approximate surface area is 265 Å². The van der Waals surface area contributed by atoms with Crippen LogP contribution < -0.4 is 12.4 Å². The molecule has 0 heterocycles. The van der Waals surface area contributed by atoms with E-state index in [-0.39, 0.29) is 34.1 Å². The van der Waals surface area contributed by atoms with E-state index in [0.717, 1.165) is 34.1 Å². The smallest absolute Gasteiger partial charge is 1.00 e. The maximum Gasteiger partial charge on any atom is 4.00 e. The van der Waals surface area contributed by atoms with Gasteiger partial charge in [-0.15, -0.1) is 34.1 Å². The Bertz CT molecular complexity index is 1140. The molecule has 0 amide bonds. The number of nitrogens with zero attached hydrogens (tertiary/aromatic N) is 3. The van der Waals surface area contributed by atoms with Crippen LogP contribution in [0.4, 0.5) is 34.1 Å². The number of benzene rings is 6. The molecule has 0 aliphatic rings. The SMILES string of the molecule is [Cl-].[Ti+4].c1ccc([N-]c2ccccc2)cc1.c1ccc([N-]c2ccccc2)cc1.c1ccc([N-]c2ccccc2)cc1. The van der Waals surface area contributed by atoms with Crippen LogP contribution in [0.3, 0.4) is 0 Å². The van der Waals surface area contributed by atoms with E-state index in [2.05, 4.69) is 16.0 Å². The maximum atomic E-state index is 4.44. The minimum atomic E-state index is 0. The molecule has 200 valence electrons. The summed E-state index contributed by atoms with van der Waals surface area (Å²) >= 11 is 0. The molecule has 3 nitrogen and oxygen atoms in total. The molecule has 0 atom stereocenters. The first kappa shape index (κ1) is 32.9. The van der Waals surface area contributed by atoms with E-state index in [1.165, 1.54) is 0 Å². The van der Waals surface area contributed by atoms with Gasteiger partial charge in [-0.05, 0) is 0 Å². The Balaban J connectivity index is 0.000000210. The molecule has 0 bridgehead atoms. The molecule has 0 aliphatic carbocycles. The zero-order chi connectivity index (χ0) is 26.8. The first-order valence-corrected chi connectivity index (χ1v) is 12.8. The summed E-state index contributed by atoms with van der Waals surface area (Å²) in [5.74, 6) is 0. The van der Waals surface area contributed by atoms with Gasteiger partial charge in [-0.25, -0.2) is 0 Å². The van der Waals surface area contributed by atoms with Crippen LogP contribution in [0.15, 0.2) is 182 Å². The number of halogens is 1. The van der Waals surface area contributed by atoms with Gasteiger partial charge in [0.25, 0.3) is 0 Å². The van der Waals surface area contributed by atoms with E-state index < -0.39 is 0 Å². The van der Waals surface area contributed by atoms with Gasteiger partial charge in [-0.3, -0.25) is 0 Å². The Kier molecular flexibility index (Phi) is 15.8. The molecule has 0 aliphatic heterocycles. The number of hydrogen-bond acceptors (Lipinski definition) is 0. The Morgan fingerprint density at radius 1 is 0.220 bits per heavy atom. The van der Waals surface area contributed by atoms with E-state index in [4.69, 9.17) is 0 Å². The predicted octanol–water partition coefficient (Wildman–Crippen LogP) is 9.07. The summed E-state index contributed by atoms with van der Waals surface area (Å²) in [7, 11) is 0. The average Bonchev–Trinajstić information content (AvgIpc) is 3.01. The first-order chi connectivity index (χ1) is 19.3. The van der Waals surface area contributed by atoms with Crippen LogP contribution in [0.5, 0.6) is 0 Å². The second-order valence-corrected chi connectivity index (χ2v) is 8.35. The molecule has 0 saturated heterocycles. The van der Waals surface area contributed by atoms with Gasteiger partial charge in [-0.2, -0.15) is 0 Å². The molecular weight excluding hydrogens is 558 g/mol. The van der Waals surface area contributed by atoms with Gasteiger partial charge >= 0.3 is 21.7 Å². The molecule has 0 aromatic heterocycles. The third-order valence-corrected chi connectivity index (χ3v) is 5.31. The van der Waals surface area contributed by atoms with Crippen molar-refractivity contribution in [1.82, 2.24) is 0 Å². The van der Waals surface area contributed by atoms with Crippen molar-refractivity contribution in [2.75, 3.05) is 0 Å². The summed E-state index contributed by atoms with van der Waals surface area (Å²) in [4.78, 5) is 0. The standard InChI is InChI=1S/3C12H10N.ClH.Ti/c3*1-3-7-11(8-4-1)13-12-9-5-2-6-10-12;;/h3*1-10H;1H;/q3*-1;;+4/p-1. The largest absolute Gasteiger partial charge is 4.00 e. The third-order valence-electron chi connectivity index (χ3n) is 5.31. The quantitative estimate of drug-likeness (QED) is 0.174. The molecule has 0 saturated carbocycles. The van der Waals surface area contributed by atoms with E-state index >= 15 is 0 Å². The van der Waals surface area contributed by atoms with Crippen LogP contribution in [0.1, 0.15) is 0 Å².